The first-order valence-electron chi connectivity index (χ1n) is 5.87. The van der Waals surface area contributed by atoms with E-state index in [1.54, 1.807) is 23.6 Å². The van der Waals surface area contributed by atoms with Gasteiger partial charge in [0, 0.05) is 6.07 Å². The lowest BCUT2D eigenvalue weighted by Gasteiger charge is -2.10. The van der Waals surface area contributed by atoms with E-state index in [1.807, 2.05) is 22.6 Å². The van der Waals surface area contributed by atoms with Crippen LogP contribution in [0, 0.1) is 22.1 Å². The zero-order chi connectivity index (χ0) is 14.4. The minimum Gasteiger partial charge on any atom is -0.369 e. The Morgan fingerprint density at radius 3 is 2.65 bits per heavy atom. The molecule has 1 heterocycles. The SMILES string of the molecule is Cc1cc(F)ccc1-n1c(N)nc2cc(I)c(F)cc21. The van der Waals surface area contributed by atoms with Crippen LogP contribution in [0.4, 0.5) is 14.7 Å². The zero-order valence-electron chi connectivity index (χ0n) is 10.5. The van der Waals surface area contributed by atoms with Crippen LogP contribution < -0.4 is 5.73 Å². The number of nitrogen functional groups attached to an aromatic ring is 1. The molecule has 102 valence electrons. The van der Waals surface area contributed by atoms with Gasteiger partial charge in [0.05, 0.1) is 20.3 Å². The Morgan fingerprint density at radius 2 is 1.95 bits per heavy atom. The van der Waals surface area contributed by atoms with Gasteiger partial charge in [0.25, 0.3) is 0 Å². The molecule has 0 saturated heterocycles. The van der Waals surface area contributed by atoms with E-state index in [0.29, 0.717) is 25.9 Å². The number of aromatic nitrogens is 2. The zero-order valence-corrected chi connectivity index (χ0v) is 12.6. The standard InChI is InChI=1S/C14H10F2IN3/c1-7-4-8(15)2-3-12(7)20-13-5-9(16)10(17)6-11(13)19-14(20)18/h2-6H,1H3,(H2,18,19). The van der Waals surface area contributed by atoms with E-state index in [2.05, 4.69) is 4.98 Å². The Kier molecular flexibility index (Phi) is 3.12. The predicted molar refractivity (Wildman–Crippen MR) is 82.9 cm³/mol. The molecule has 0 spiro atoms. The number of nitrogens with two attached hydrogens (primary N) is 1. The van der Waals surface area contributed by atoms with Crippen molar-refractivity contribution in [2.24, 2.45) is 0 Å². The van der Waals surface area contributed by atoms with Crippen molar-refractivity contribution in [3.8, 4) is 5.69 Å². The van der Waals surface area contributed by atoms with Gasteiger partial charge in [0.2, 0.25) is 5.95 Å². The summed E-state index contributed by atoms with van der Waals surface area (Å²) in [4.78, 5) is 4.23. The lowest BCUT2D eigenvalue weighted by atomic mass is 10.2. The Labute approximate surface area is 127 Å². The quantitative estimate of drug-likeness (QED) is 0.648. The van der Waals surface area contributed by atoms with E-state index >= 15 is 0 Å². The Balaban J connectivity index is 2.35. The summed E-state index contributed by atoms with van der Waals surface area (Å²) in [6.45, 7) is 1.77. The molecule has 0 unspecified atom stereocenters. The van der Waals surface area contributed by atoms with Crippen molar-refractivity contribution in [3.05, 3.63) is 51.1 Å². The number of nitrogens with zero attached hydrogens (tertiary/aromatic N) is 2. The fourth-order valence-corrected chi connectivity index (χ4v) is 2.66. The number of hydrogen-bond donors (Lipinski definition) is 1. The maximum Gasteiger partial charge on any atom is 0.205 e. The molecule has 6 heteroatoms. The molecule has 0 saturated carbocycles. The van der Waals surface area contributed by atoms with Gasteiger partial charge in [-0.3, -0.25) is 4.57 Å². The number of imidazole rings is 1. The Bertz CT molecular complexity index is 827. The van der Waals surface area contributed by atoms with Crippen LogP contribution in [-0.2, 0) is 0 Å². The second-order valence-corrected chi connectivity index (χ2v) is 5.65. The lowest BCUT2D eigenvalue weighted by Crippen LogP contribution is -2.03. The molecule has 0 aliphatic heterocycles. The summed E-state index contributed by atoms with van der Waals surface area (Å²) >= 11 is 1.90. The van der Waals surface area contributed by atoms with Gasteiger partial charge < -0.3 is 5.73 Å². The van der Waals surface area contributed by atoms with E-state index in [-0.39, 0.29) is 17.6 Å². The maximum atomic E-state index is 13.8. The van der Waals surface area contributed by atoms with Gasteiger partial charge >= 0.3 is 0 Å². The average molecular weight is 385 g/mol. The van der Waals surface area contributed by atoms with Gasteiger partial charge in [-0.15, -0.1) is 0 Å². The largest absolute Gasteiger partial charge is 0.369 e. The molecular weight excluding hydrogens is 375 g/mol. The number of hydrogen-bond acceptors (Lipinski definition) is 2. The Hall–Kier alpha value is -1.70. The topological polar surface area (TPSA) is 43.8 Å². The van der Waals surface area contributed by atoms with Crippen molar-refractivity contribution in [2.75, 3.05) is 5.73 Å². The van der Waals surface area contributed by atoms with Gasteiger partial charge in [0.1, 0.15) is 11.6 Å². The third kappa shape index (κ3) is 2.04. The highest BCUT2D eigenvalue weighted by Gasteiger charge is 2.14. The molecule has 1 aromatic heterocycles. The first kappa shape index (κ1) is 13.3. The molecule has 0 fully saturated rings. The fraction of sp³-hybridized carbons (Fsp3) is 0.0714. The van der Waals surface area contributed by atoms with E-state index < -0.39 is 0 Å². The smallest absolute Gasteiger partial charge is 0.205 e. The third-order valence-electron chi connectivity index (χ3n) is 3.12. The van der Waals surface area contributed by atoms with E-state index in [1.165, 1.54) is 18.2 Å². The summed E-state index contributed by atoms with van der Waals surface area (Å²) in [5.74, 6) is -0.412. The van der Waals surface area contributed by atoms with Gasteiger partial charge in [-0.1, -0.05) is 0 Å². The molecule has 2 aromatic carbocycles. The first-order valence-corrected chi connectivity index (χ1v) is 6.95. The lowest BCUT2D eigenvalue weighted by molar-refractivity contribution is 0.621. The highest BCUT2D eigenvalue weighted by Crippen LogP contribution is 2.28. The molecule has 0 amide bonds. The van der Waals surface area contributed by atoms with E-state index in [9.17, 15) is 8.78 Å². The van der Waals surface area contributed by atoms with Gasteiger partial charge in [0.15, 0.2) is 0 Å². The summed E-state index contributed by atoms with van der Waals surface area (Å²) < 4.78 is 29.1. The number of fused-ring (bicyclic) bond motifs is 1. The fourth-order valence-electron chi connectivity index (χ4n) is 2.21. The number of anilines is 1. The average Bonchev–Trinajstić information content (AvgIpc) is 2.66. The molecule has 3 aromatic rings. The van der Waals surface area contributed by atoms with Crippen LogP contribution in [0.1, 0.15) is 5.56 Å². The van der Waals surface area contributed by atoms with Crippen LogP contribution in [0.3, 0.4) is 0 Å². The van der Waals surface area contributed by atoms with Crippen molar-refractivity contribution in [3.63, 3.8) is 0 Å². The van der Waals surface area contributed by atoms with Gasteiger partial charge in [-0.2, -0.15) is 0 Å². The molecule has 2 N–H and O–H groups in total. The van der Waals surface area contributed by atoms with Crippen molar-refractivity contribution in [1.29, 1.82) is 0 Å². The van der Waals surface area contributed by atoms with Gasteiger partial charge in [-0.25, -0.2) is 13.8 Å². The molecule has 0 radical (unpaired) electrons. The summed E-state index contributed by atoms with van der Waals surface area (Å²) in [7, 11) is 0. The summed E-state index contributed by atoms with van der Waals surface area (Å²) in [6, 6.07) is 7.39. The highest BCUT2D eigenvalue weighted by molar-refractivity contribution is 14.1. The first-order chi connectivity index (χ1) is 9.47. The number of halogens is 3. The van der Waals surface area contributed by atoms with Crippen molar-refractivity contribution < 1.29 is 8.78 Å². The molecule has 0 aliphatic carbocycles. The molecule has 0 aliphatic rings. The van der Waals surface area contributed by atoms with Crippen molar-refractivity contribution >= 4 is 39.6 Å². The van der Waals surface area contributed by atoms with E-state index in [4.69, 9.17) is 5.73 Å². The molecule has 0 atom stereocenters. The number of benzene rings is 2. The number of aryl methyl sites for hydroxylation is 1. The van der Waals surface area contributed by atoms with Crippen LogP contribution >= 0.6 is 22.6 Å². The van der Waals surface area contributed by atoms with Crippen LogP contribution in [0.15, 0.2) is 30.3 Å². The molecule has 20 heavy (non-hydrogen) atoms. The van der Waals surface area contributed by atoms with Crippen LogP contribution in [0.25, 0.3) is 16.7 Å². The monoisotopic (exact) mass is 385 g/mol. The highest BCUT2D eigenvalue weighted by atomic mass is 127. The Morgan fingerprint density at radius 1 is 1.20 bits per heavy atom. The molecule has 3 rings (SSSR count). The van der Waals surface area contributed by atoms with E-state index in [0.717, 1.165) is 0 Å². The van der Waals surface area contributed by atoms with Gasteiger partial charge in [-0.05, 0) is 59.3 Å². The third-order valence-corrected chi connectivity index (χ3v) is 3.95. The van der Waals surface area contributed by atoms with Crippen LogP contribution in [0.5, 0.6) is 0 Å². The second kappa shape index (κ2) is 4.69. The van der Waals surface area contributed by atoms with Crippen molar-refractivity contribution in [1.82, 2.24) is 9.55 Å². The summed E-state index contributed by atoms with van der Waals surface area (Å²) in [5.41, 5.74) is 8.49. The van der Waals surface area contributed by atoms with Crippen LogP contribution in [-0.4, -0.2) is 9.55 Å². The summed E-state index contributed by atoms with van der Waals surface area (Å²) in [6.07, 6.45) is 0. The van der Waals surface area contributed by atoms with Crippen molar-refractivity contribution in [2.45, 2.75) is 6.92 Å². The maximum absolute atomic E-state index is 13.8. The summed E-state index contributed by atoms with van der Waals surface area (Å²) in [5, 5.41) is 0. The van der Waals surface area contributed by atoms with Crippen LogP contribution in [0.2, 0.25) is 0 Å². The minimum absolute atomic E-state index is 0.246. The number of rotatable bonds is 1. The normalized spacial score (nSPS) is 11.2. The molecule has 0 bridgehead atoms. The second-order valence-electron chi connectivity index (χ2n) is 4.49. The predicted octanol–water partition coefficient (Wildman–Crippen LogP) is 3.80. The minimum atomic E-state index is -0.334. The molecule has 3 nitrogen and oxygen atoms in total. The molecular formula is C14H10F2IN3.